The largest absolute Gasteiger partial charge is 0.492 e. The molecule has 1 atom stereocenters. The van der Waals surface area contributed by atoms with Crippen LogP contribution in [-0.4, -0.2) is 87.0 Å². The van der Waals surface area contributed by atoms with Crippen molar-refractivity contribution in [2.24, 2.45) is 7.05 Å². The minimum Gasteiger partial charge on any atom is -0.492 e. The Hall–Kier alpha value is -3.65. The molecule has 1 aliphatic heterocycles. The number of anilines is 2. The number of β-amino-alcohol motifs (C(OH)–C–C–N with tert-alkyl or cyclic N) is 1. The molecule has 240 valence electrons. The number of rotatable bonds is 12. The number of nitrogens with zero attached hydrogens (tertiary/aromatic N) is 2. The van der Waals surface area contributed by atoms with Gasteiger partial charge in [-0.15, -0.1) is 0 Å². The van der Waals surface area contributed by atoms with Gasteiger partial charge >= 0.3 is 0 Å². The highest BCUT2D eigenvalue weighted by Gasteiger charge is 2.24. The van der Waals surface area contributed by atoms with Crippen LogP contribution < -0.4 is 25.4 Å². The number of fused-ring (bicyclic) bond motifs is 1. The highest BCUT2D eigenvalue weighted by molar-refractivity contribution is 7.92. The molecule has 1 saturated heterocycles. The number of aryl methyl sites for hydroxylation is 1. The summed E-state index contributed by atoms with van der Waals surface area (Å²) in [6, 6.07) is 11.2. The number of aromatic nitrogens is 1. The van der Waals surface area contributed by atoms with Crippen LogP contribution in [0.2, 0.25) is 0 Å². The van der Waals surface area contributed by atoms with Crippen LogP contribution in [0.3, 0.4) is 0 Å². The van der Waals surface area contributed by atoms with E-state index in [1.54, 1.807) is 12.1 Å². The van der Waals surface area contributed by atoms with Crippen molar-refractivity contribution in [3.05, 3.63) is 53.2 Å². The summed E-state index contributed by atoms with van der Waals surface area (Å²) in [5, 5.41) is 19.7. The number of nitrogens with one attached hydrogen (secondary N) is 4. The van der Waals surface area contributed by atoms with Crippen molar-refractivity contribution < 1.29 is 27.9 Å². The molecule has 1 aliphatic rings. The number of sulfonamides is 1. The van der Waals surface area contributed by atoms with Gasteiger partial charge in [-0.05, 0) is 41.2 Å². The van der Waals surface area contributed by atoms with E-state index in [-0.39, 0.29) is 41.3 Å². The third-order valence-electron chi connectivity index (χ3n) is 7.63. The molecule has 3 aromatic rings. The van der Waals surface area contributed by atoms with Crippen molar-refractivity contribution >= 4 is 44.1 Å². The minimum atomic E-state index is -3.60. The molecule has 1 fully saturated rings. The molecule has 2 aromatic carbocycles. The fourth-order valence-electron chi connectivity index (χ4n) is 5.43. The number of carbonyl (C=O) groups is 2. The molecule has 0 bridgehead atoms. The van der Waals surface area contributed by atoms with E-state index in [9.17, 15) is 23.1 Å². The summed E-state index contributed by atoms with van der Waals surface area (Å²) in [5.74, 6) is -0.221. The van der Waals surface area contributed by atoms with Gasteiger partial charge < -0.3 is 30.4 Å². The van der Waals surface area contributed by atoms with Crippen LogP contribution in [-0.2, 0) is 33.8 Å². The van der Waals surface area contributed by atoms with E-state index < -0.39 is 10.0 Å². The second-order valence-corrected chi connectivity index (χ2v) is 14.1. The summed E-state index contributed by atoms with van der Waals surface area (Å²) in [7, 11) is -0.349. The Morgan fingerprint density at radius 2 is 1.84 bits per heavy atom. The van der Waals surface area contributed by atoms with E-state index in [1.807, 2.05) is 61.6 Å². The van der Waals surface area contributed by atoms with E-state index in [2.05, 4.69) is 20.7 Å². The third kappa shape index (κ3) is 8.29. The molecule has 13 heteroatoms. The van der Waals surface area contributed by atoms with Gasteiger partial charge in [-0.1, -0.05) is 39.0 Å². The summed E-state index contributed by atoms with van der Waals surface area (Å²) < 4.78 is 34.1. The van der Waals surface area contributed by atoms with E-state index in [0.717, 1.165) is 34.8 Å². The van der Waals surface area contributed by atoms with Crippen molar-refractivity contribution in [1.82, 2.24) is 20.1 Å². The van der Waals surface area contributed by atoms with E-state index >= 15 is 0 Å². The first kappa shape index (κ1) is 33.2. The van der Waals surface area contributed by atoms with Gasteiger partial charge in [0.15, 0.2) is 5.75 Å². The highest BCUT2D eigenvalue weighted by atomic mass is 32.2. The first-order valence-corrected chi connectivity index (χ1v) is 16.5. The van der Waals surface area contributed by atoms with E-state index in [1.165, 1.54) is 7.11 Å². The Balaban J connectivity index is 1.47. The number of aliphatic hydroxyl groups excluding tert-OH is 1. The first-order chi connectivity index (χ1) is 20.7. The van der Waals surface area contributed by atoms with Crippen LogP contribution in [0.4, 0.5) is 11.4 Å². The molecule has 0 radical (unpaired) electrons. The molecule has 0 saturated carbocycles. The smallest absolute Gasteiger partial charge is 0.272 e. The average Bonchev–Trinajstić information content (AvgIpc) is 3.49. The molecule has 12 nitrogen and oxygen atoms in total. The lowest BCUT2D eigenvalue weighted by molar-refractivity contribution is -0.122. The average molecular weight is 629 g/mol. The molecular formula is C31H44N6O6S. The first-order valence-electron chi connectivity index (χ1n) is 14.6. The molecule has 0 spiro atoms. The van der Waals surface area contributed by atoms with Crippen molar-refractivity contribution in [3.63, 3.8) is 0 Å². The summed E-state index contributed by atoms with van der Waals surface area (Å²) in [4.78, 5) is 27.8. The van der Waals surface area contributed by atoms with Crippen LogP contribution in [0.15, 0.2) is 36.4 Å². The van der Waals surface area contributed by atoms with Gasteiger partial charge in [0.05, 0.1) is 42.9 Å². The molecule has 1 aromatic heterocycles. The van der Waals surface area contributed by atoms with Gasteiger partial charge in [-0.2, -0.15) is 0 Å². The van der Waals surface area contributed by atoms with E-state index in [0.29, 0.717) is 44.0 Å². The van der Waals surface area contributed by atoms with Gasteiger partial charge in [-0.3, -0.25) is 19.2 Å². The molecular weight excluding hydrogens is 584 g/mol. The number of para-hydroxylation sites is 1. The normalized spacial score (nSPS) is 15.8. The Morgan fingerprint density at radius 1 is 1.11 bits per heavy atom. The summed E-state index contributed by atoms with van der Waals surface area (Å²) in [6.07, 6.45) is 1.41. The number of ether oxygens (including phenoxy) is 1. The molecule has 0 unspecified atom stereocenters. The Bertz CT molecular complexity index is 1630. The summed E-state index contributed by atoms with van der Waals surface area (Å²) in [6.45, 7) is 9.11. The molecule has 0 aliphatic carbocycles. The van der Waals surface area contributed by atoms with Gasteiger partial charge in [-0.25, -0.2) is 8.42 Å². The monoisotopic (exact) mass is 628 g/mol. The number of amides is 2. The Morgan fingerprint density at radius 3 is 2.48 bits per heavy atom. The standard InChI is InChI=1S/C31H44N6O6S/c1-31(2,3)22-15-24(29(43-5)25(16-22)35-44(6,41)42)34-30(40)26-14-20-8-7-9-21(28(20)36(26)4)17-32-11-12-33-27(39)19-37-13-10-23(38)18-37/h7-9,14-16,23,32,35,38H,10-13,17-19H2,1-6H3,(H,33,39)(H,34,40)/t23-/m1/s1. The number of aliphatic hydroxyl groups is 1. The number of hydrogen-bond acceptors (Lipinski definition) is 8. The number of hydrogen-bond donors (Lipinski definition) is 5. The van der Waals surface area contributed by atoms with Crippen molar-refractivity contribution in [2.75, 3.05) is 56.1 Å². The van der Waals surface area contributed by atoms with Gasteiger partial charge in [0, 0.05) is 45.2 Å². The van der Waals surface area contributed by atoms with Crippen LogP contribution in [0.1, 0.15) is 48.8 Å². The van der Waals surface area contributed by atoms with Gasteiger partial charge in [0.2, 0.25) is 15.9 Å². The van der Waals surface area contributed by atoms with Crippen LogP contribution in [0.25, 0.3) is 10.9 Å². The van der Waals surface area contributed by atoms with Crippen LogP contribution >= 0.6 is 0 Å². The molecule has 44 heavy (non-hydrogen) atoms. The number of likely N-dealkylation sites (tertiary alicyclic amines) is 1. The maximum absolute atomic E-state index is 13.6. The number of carbonyl (C=O) groups excluding carboxylic acids is 2. The number of methoxy groups -OCH3 is 1. The zero-order valence-electron chi connectivity index (χ0n) is 26.3. The third-order valence-corrected chi connectivity index (χ3v) is 8.22. The van der Waals surface area contributed by atoms with Crippen molar-refractivity contribution in [2.45, 2.75) is 45.3 Å². The maximum atomic E-state index is 13.6. The zero-order chi connectivity index (χ0) is 32.2. The van der Waals surface area contributed by atoms with Gasteiger partial charge in [0.25, 0.3) is 5.91 Å². The fourth-order valence-corrected chi connectivity index (χ4v) is 5.98. The Kier molecular flexibility index (Phi) is 10.2. The molecule has 2 amide bonds. The van der Waals surface area contributed by atoms with Crippen molar-refractivity contribution in [1.29, 1.82) is 0 Å². The highest BCUT2D eigenvalue weighted by Crippen LogP contribution is 2.39. The second kappa shape index (κ2) is 13.6. The predicted molar refractivity (Wildman–Crippen MR) is 173 cm³/mol. The van der Waals surface area contributed by atoms with Crippen LogP contribution in [0, 0.1) is 0 Å². The zero-order valence-corrected chi connectivity index (χ0v) is 27.1. The topological polar surface area (TPSA) is 154 Å². The lowest BCUT2D eigenvalue weighted by Gasteiger charge is -2.24. The van der Waals surface area contributed by atoms with Crippen molar-refractivity contribution in [3.8, 4) is 5.75 Å². The molecule has 4 rings (SSSR count). The lowest BCUT2D eigenvalue weighted by Crippen LogP contribution is -2.39. The molecule has 2 heterocycles. The predicted octanol–water partition coefficient (Wildman–Crippen LogP) is 2.38. The van der Waals surface area contributed by atoms with Crippen LogP contribution in [0.5, 0.6) is 5.75 Å². The summed E-state index contributed by atoms with van der Waals surface area (Å²) in [5.41, 5.74) is 3.40. The fraction of sp³-hybridized carbons (Fsp3) is 0.484. The SMILES string of the molecule is COc1c(NC(=O)c2cc3cccc(CNCCNC(=O)CN4CC[C@@H](O)C4)c3n2C)cc(C(C)(C)C)cc1NS(C)(=O)=O. The molecule has 5 N–H and O–H groups in total. The van der Waals surface area contributed by atoms with E-state index in [4.69, 9.17) is 4.74 Å². The Labute approximate surface area is 259 Å². The maximum Gasteiger partial charge on any atom is 0.272 e. The minimum absolute atomic E-state index is 0.0648. The van der Waals surface area contributed by atoms with Gasteiger partial charge in [0.1, 0.15) is 5.69 Å². The second-order valence-electron chi connectivity index (χ2n) is 12.3. The number of benzene rings is 2. The summed E-state index contributed by atoms with van der Waals surface area (Å²) >= 11 is 0. The lowest BCUT2D eigenvalue weighted by atomic mass is 9.86. The quantitative estimate of drug-likeness (QED) is 0.192.